The van der Waals surface area contributed by atoms with E-state index in [1.54, 1.807) is 24.4 Å². The average Bonchev–Trinajstić information content (AvgIpc) is 2.61. The second-order valence-corrected chi connectivity index (χ2v) is 5.92. The van der Waals surface area contributed by atoms with Crippen molar-refractivity contribution in [1.29, 1.82) is 0 Å². The second-order valence-electron chi connectivity index (χ2n) is 5.51. The van der Waals surface area contributed by atoms with Crippen molar-refractivity contribution in [2.75, 3.05) is 13.7 Å². The van der Waals surface area contributed by atoms with E-state index in [2.05, 4.69) is 15.6 Å². The number of hydrogen-bond donors (Lipinski definition) is 2. The number of halogens is 2. The third-order valence-electron chi connectivity index (χ3n) is 3.84. The summed E-state index contributed by atoms with van der Waals surface area (Å²) in [6, 6.07) is 5.68. The van der Waals surface area contributed by atoms with Crippen molar-refractivity contribution in [3.05, 3.63) is 52.4 Å². The van der Waals surface area contributed by atoms with Gasteiger partial charge in [-0.1, -0.05) is 23.7 Å². The van der Waals surface area contributed by atoms with E-state index in [9.17, 15) is 9.18 Å². The first kappa shape index (κ1) is 17.3. The number of aromatic nitrogens is 1. The van der Waals surface area contributed by atoms with Crippen molar-refractivity contribution >= 4 is 17.6 Å². The molecule has 0 aliphatic carbocycles. The number of pyridine rings is 1. The molecule has 2 aromatic rings. The van der Waals surface area contributed by atoms with Gasteiger partial charge in [-0.3, -0.25) is 0 Å². The van der Waals surface area contributed by atoms with Crippen molar-refractivity contribution in [1.82, 2.24) is 15.6 Å². The van der Waals surface area contributed by atoms with Gasteiger partial charge in [0.05, 0.1) is 19.8 Å². The zero-order valence-corrected chi connectivity index (χ0v) is 14.3. The van der Waals surface area contributed by atoms with Crippen LogP contribution in [0.3, 0.4) is 0 Å². The summed E-state index contributed by atoms with van der Waals surface area (Å²) >= 11 is 6.01. The Hall–Kier alpha value is -2.54. The minimum absolute atomic E-state index is 0.199. The molecule has 1 aliphatic rings. The minimum atomic E-state index is -0.427. The van der Waals surface area contributed by atoms with Gasteiger partial charge in [0.1, 0.15) is 5.02 Å². The monoisotopic (exact) mass is 365 g/mol. The molecule has 1 atom stereocenters. The van der Waals surface area contributed by atoms with E-state index < -0.39 is 5.82 Å². The minimum Gasteiger partial charge on any atom is -0.490 e. The Kier molecular flexibility index (Phi) is 5.23. The molecule has 0 radical (unpaired) electrons. The largest absolute Gasteiger partial charge is 0.490 e. The van der Waals surface area contributed by atoms with Crippen molar-refractivity contribution in [3.8, 4) is 11.6 Å². The maximum Gasteiger partial charge on any atom is 0.315 e. The molecule has 0 spiro atoms. The van der Waals surface area contributed by atoms with Crippen LogP contribution in [0.1, 0.15) is 23.6 Å². The van der Waals surface area contributed by atoms with Gasteiger partial charge in [0.15, 0.2) is 11.6 Å². The van der Waals surface area contributed by atoms with E-state index in [0.29, 0.717) is 29.5 Å². The number of carbonyl (C=O) groups excluding carboxylic acids is 1. The fraction of sp³-hybridized carbons (Fsp3) is 0.294. The van der Waals surface area contributed by atoms with Crippen LogP contribution >= 0.6 is 11.6 Å². The van der Waals surface area contributed by atoms with E-state index >= 15 is 0 Å². The maximum absolute atomic E-state index is 13.8. The number of nitrogens with one attached hydrogen (secondary N) is 2. The first-order chi connectivity index (χ1) is 12.1. The van der Waals surface area contributed by atoms with Crippen molar-refractivity contribution in [2.24, 2.45) is 0 Å². The Bertz CT molecular complexity index is 788. The molecule has 132 valence electrons. The highest BCUT2D eigenvalue weighted by Crippen LogP contribution is 2.33. The highest BCUT2D eigenvalue weighted by atomic mass is 35.5. The standard InChI is InChI=1S/C17H17ClFN3O3/c1-24-16-12(18)7-10(8-20-16)9-21-17(23)22-14-5-6-25-15-11(14)3-2-4-13(15)19/h2-4,7-8,14H,5-6,9H2,1H3,(H2,21,22,23)/t14-/m0/s1. The van der Waals surface area contributed by atoms with E-state index in [1.807, 2.05) is 0 Å². The molecular weight excluding hydrogens is 349 g/mol. The zero-order valence-electron chi connectivity index (χ0n) is 13.5. The molecule has 0 saturated carbocycles. The zero-order chi connectivity index (χ0) is 17.8. The molecular formula is C17H17ClFN3O3. The summed E-state index contributed by atoms with van der Waals surface area (Å²) in [6.45, 7) is 0.596. The normalized spacial score (nSPS) is 15.7. The summed E-state index contributed by atoms with van der Waals surface area (Å²) in [4.78, 5) is 16.2. The van der Waals surface area contributed by atoms with E-state index in [4.69, 9.17) is 21.1 Å². The lowest BCUT2D eigenvalue weighted by Crippen LogP contribution is -2.39. The van der Waals surface area contributed by atoms with Crippen LogP contribution in [0.25, 0.3) is 0 Å². The molecule has 0 fully saturated rings. The quantitative estimate of drug-likeness (QED) is 0.872. The lowest BCUT2D eigenvalue weighted by atomic mass is 10.0. The SMILES string of the molecule is COc1ncc(CNC(=O)N[C@H]2CCOc3c(F)cccc32)cc1Cl. The fourth-order valence-corrected chi connectivity index (χ4v) is 2.91. The third-order valence-corrected chi connectivity index (χ3v) is 4.11. The van der Waals surface area contributed by atoms with Crippen LogP contribution in [-0.2, 0) is 6.54 Å². The van der Waals surface area contributed by atoms with Crippen LogP contribution < -0.4 is 20.1 Å². The molecule has 1 aromatic carbocycles. The molecule has 25 heavy (non-hydrogen) atoms. The second kappa shape index (κ2) is 7.57. The van der Waals surface area contributed by atoms with Gasteiger partial charge in [0.2, 0.25) is 5.88 Å². The van der Waals surface area contributed by atoms with Crippen LogP contribution in [0.5, 0.6) is 11.6 Å². The summed E-state index contributed by atoms with van der Waals surface area (Å²) in [6.07, 6.45) is 2.14. The fourth-order valence-electron chi connectivity index (χ4n) is 2.64. The summed E-state index contributed by atoms with van der Waals surface area (Å²) in [7, 11) is 1.48. The number of carbonyl (C=O) groups is 1. The Morgan fingerprint density at radius 3 is 3.12 bits per heavy atom. The first-order valence-corrected chi connectivity index (χ1v) is 8.10. The number of methoxy groups -OCH3 is 1. The van der Waals surface area contributed by atoms with E-state index in [-0.39, 0.29) is 24.4 Å². The van der Waals surface area contributed by atoms with E-state index in [1.165, 1.54) is 13.2 Å². The van der Waals surface area contributed by atoms with Crippen molar-refractivity contribution in [3.63, 3.8) is 0 Å². The summed E-state index contributed by atoms with van der Waals surface area (Å²) in [5.74, 6) is 0.101. The summed E-state index contributed by atoms with van der Waals surface area (Å²) in [5, 5.41) is 5.94. The maximum atomic E-state index is 13.8. The topological polar surface area (TPSA) is 72.5 Å². The lowest BCUT2D eigenvalue weighted by Gasteiger charge is -2.27. The summed E-state index contributed by atoms with van der Waals surface area (Å²) < 4.78 is 24.1. The van der Waals surface area contributed by atoms with Gasteiger partial charge in [-0.15, -0.1) is 0 Å². The number of ether oxygens (including phenoxy) is 2. The molecule has 6 nitrogen and oxygen atoms in total. The average molecular weight is 366 g/mol. The Balaban J connectivity index is 1.61. The van der Waals surface area contributed by atoms with Gasteiger partial charge in [-0.2, -0.15) is 0 Å². The van der Waals surface area contributed by atoms with Crippen LogP contribution in [0.15, 0.2) is 30.5 Å². The molecule has 0 saturated heterocycles. The Labute approximate surface area is 149 Å². The van der Waals surface area contributed by atoms with Gasteiger partial charge < -0.3 is 20.1 Å². The molecule has 2 amide bonds. The number of fused-ring (bicyclic) bond motifs is 1. The predicted molar refractivity (Wildman–Crippen MR) is 90.4 cm³/mol. The molecule has 8 heteroatoms. The number of hydrogen-bond acceptors (Lipinski definition) is 4. The van der Waals surface area contributed by atoms with Gasteiger partial charge in [-0.25, -0.2) is 14.2 Å². The van der Waals surface area contributed by atoms with Crippen LogP contribution in [0.2, 0.25) is 5.02 Å². The third kappa shape index (κ3) is 3.93. The number of nitrogens with zero attached hydrogens (tertiary/aromatic N) is 1. The van der Waals surface area contributed by atoms with Crippen molar-refractivity contribution in [2.45, 2.75) is 19.0 Å². The van der Waals surface area contributed by atoms with Gasteiger partial charge >= 0.3 is 6.03 Å². The molecule has 0 bridgehead atoms. The number of urea groups is 1. The van der Waals surface area contributed by atoms with Gasteiger partial charge in [0.25, 0.3) is 0 Å². The number of rotatable bonds is 4. The molecule has 1 aliphatic heterocycles. The van der Waals surface area contributed by atoms with Gasteiger partial charge in [0, 0.05) is 24.7 Å². The Morgan fingerprint density at radius 1 is 1.52 bits per heavy atom. The molecule has 0 unspecified atom stereocenters. The van der Waals surface area contributed by atoms with Crippen molar-refractivity contribution < 1.29 is 18.7 Å². The molecule has 1 aromatic heterocycles. The lowest BCUT2D eigenvalue weighted by molar-refractivity contribution is 0.219. The number of benzene rings is 1. The summed E-state index contributed by atoms with van der Waals surface area (Å²) in [5.41, 5.74) is 1.37. The Morgan fingerprint density at radius 2 is 2.36 bits per heavy atom. The highest BCUT2D eigenvalue weighted by Gasteiger charge is 2.25. The van der Waals surface area contributed by atoms with E-state index in [0.717, 1.165) is 5.56 Å². The van der Waals surface area contributed by atoms with Crippen LogP contribution in [-0.4, -0.2) is 24.7 Å². The van der Waals surface area contributed by atoms with Gasteiger partial charge in [-0.05, 0) is 17.7 Å². The predicted octanol–water partition coefficient (Wildman–Crippen LogP) is 3.21. The van der Waals surface area contributed by atoms with Crippen LogP contribution in [0, 0.1) is 5.82 Å². The number of amides is 2. The highest BCUT2D eigenvalue weighted by molar-refractivity contribution is 6.31. The first-order valence-electron chi connectivity index (χ1n) is 7.72. The smallest absolute Gasteiger partial charge is 0.315 e. The van der Waals surface area contributed by atoms with Crippen LogP contribution in [0.4, 0.5) is 9.18 Å². The number of para-hydroxylation sites is 1. The molecule has 2 heterocycles. The molecule has 3 rings (SSSR count). The molecule has 2 N–H and O–H groups in total.